The molecule has 3 heteroatoms. The van der Waals surface area contributed by atoms with Crippen LogP contribution in [0, 0.1) is 5.92 Å². The van der Waals surface area contributed by atoms with Crippen LogP contribution in [0.15, 0.2) is 24.3 Å². The standard InChI is InChI=1S/C16H25NO2/c1-4-19-15-11-6-5-10-14(15)16(18)12(2)8-7-9-13(3)17/h5-6,10-13H,4,7-9,17H2,1-3H3. The van der Waals surface area contributed by atoms with Gasteiger partial charge in [0.2, 0.25) is 0 Å². The van der Waals surface area contributed by atoms with Crippen LogP contribution in [0.25, 0.3) is 0 Å². The van der Waals surface area contributed by atoms with Gasteiger partial charge in [0.05, 0.1) is 12.2 Å². The minimum Gasteiger partial charge on any atom is -0.493 e. The first-order chi connectivity index (χ1) is 9.06. The zero-order valence-electron chi connectivity index (χ0n) is 12.2. The molecule has 1 rings (SSSR count). The topological polar surface area (TPSA) is 52.3 Å². The van der Waals surface area contributed by atoms with Crippen molar-refractivity contribution in [1.82, 2.24) is 0 Å². The molecule has 1 aromatic carbocycles. The third-order valence-electron chi connectivity index (χ3n) is 3.20. The summed E-state index contributed by atoms with van der Waals surface area (Å²) in [6, 6.07) is 7.67. The second-order valence-corrected chi connectivity index (χ2v) is 5.10. The zero-order valence-corrected chi connectivity index (χ0v) is 12.2. The Morgan fingerprint density at radius 1 is 1.26 bits per heavy atom. The van der Waals surface area contributed by atoms with Crippen LogP contribution < -0.4 is 10.5 Å². The van der Waals surface area contributed by atoms with Gasteiger partial charge in [0.1, 0.15) is 5.75 Å². The largest absolute Gasteiger partial charge is 0.493 e. The molecule has 1 aromatic rings. The molecule has 19 heavy (non-hydrogen) atoms. The number of rotatable bonds is 8. The quantitative estimate of drug-likeness (QED) is 0.731. The third-order valence-corrected chi connectivity index (χ3v) is 3.20. The second kappa shape index (κ2) is 7.95. The summed E-state index contributed by atoms with van der Waals surface area (Å²) in [6.07, 6.45) is 2.83. The number of benzene rings is 1. The summed E-state index contributed by atoms with van der Waals surface area (Å²) in [4.78, 5) is 12.4. The van der Waals surface area contributed by atoms with Gasteiger partial charge in [0, 0.05) is 12.0 Å². The molecule has 0 amide bonds. The van der Waals surface area contributed by atoms with Crippen molar-refractivity contribution in [2.75, 3.05) is 6.61 Å². The molecule has 0 saturated carbocycles. The van der Waals surface area contributed by atoms with E-state index in [2.05, 4.69) is 0 Å². The summed E-state index contributed by atoms with van der Waals surface area (Å²) < 4.78 is 5.51. The summed E-state index contributed by atoms with van der Waals surface area (Å²) in [5.74, 6) is 0.864. The van der Waals surface area contributed by atoms with Crippen molar-refractivity contribution in [2.24, 2.45) is 11.7 Å². The Kier molecular flexibility index (Phi) is 6.57. The number of ketones is 1. The molecule has 0 aromatic heterocycles. The molecular weight excluding hydrogens is 238 g/mol. The molecule has 106 valence electrons. The highest BCUT2D eigenvalue weighted by molar-refractivity contribution is 6.00. The average molecular weight is 263 g/mol. The SMILES string of the molecule is CCOc1ccccc1C(=O)C(C)CCCC(C)N. The van der Waals surface area contributed by atoms with Crippen molar-refractivity contribution < 1.29 is 9.53 Å². The maximum atomic E-state index is 12.4. The van der Waals surface area contributed by atoms with Gasteiger partial charge in [-0.3, -0.25) is 4.79 Å². The normalized spacial score (nSPS) is 13.9. The van der Waals surface area contributed by atoms with E-state index in [1.807, 2.05) is 45.0 Å². The average Bonchev–Trinajstić information content (AvgIpc) is 2.38. The molecular formula is C16H25NO2. The van der Waals surface area contributed by atoms with Crippen molar-refractivity contribution in [3.63, 3.8) is 0 Å². The van der Waals surface area contributed by atoms with Crippen molar-refractivity contribution in [3.8, 4) is 5.75 Å². The van der Waals surface area contributed by atoms with Crippen LogP contribution in [0.3, 0.4) is 0 Å². The van der Waals surface area contributed by atoms with Gasteiger partial charge in [-0.15, -0.1) is 0 Å². The molecule has 0 aliphatic carbocycles. The van der Waals surface area contributed by atoms with E-state index in [-0.39, 0.29) is 17.7 Å². The van der Waals surface area contributed by atoms with Gasteiger partial charge < -0.3 is 10.5 Å². The Labute approximate surface area is 116 Å². The predicted molar refractivity (Wildman–Crippen MR) is 78.6 cm³/mol. The van der Waals surface area contributed by atoms with Crippen molar-refractivity contribution >= 4 is 5.78 Å². The number of ether oxygens (including phenoxy) is 1. The highest BCUT2D eigenvalue weighted by Crippen LogP contribution is 2.23. The summed E-state index contributed by atoms with van der Waals surface area (Å²) >= 11 is 0. The van der Waals surface area contributed by atoms with Gasteiger partial charge in [-0.25, -0.2) is 0 Å². The lowest BCUT2D eigenvalue weighted by Crippen LogP contribution is -2.17. The lowest BCUT2D eigenvalue weighted by molar-refractivity contribution is 0.0918. The lowest BCUT2D eigenvalue weighted by atomic mass is 9.93. The van der Waals surface area contributed by atoms with E-state index in [9.17, 15) is 4.79 Å². The van der Waals surface area contributed by atoms with Crippen molar-refractivity contribution in [1.29, 1.82) is 0 Å². The van der Waals surface area contributed by atoms with Crippen LogP contribution in [0.2, 0.25) is 0 Å². The smallest absolute Gasteiger partial charge is 0.169 e. The Balaban J connectivity index is 2.65. The molecule has 0 bridgehead atoms. The number of hydrogen-bond donors (Lipinski definition) is 1. The van der Waals surface area contributed by atoms with Gasteiger partial charge in [-0.05, 0) is 38.8 Å². The fraction of sp³-hybridized carbons (Fsp3) is 0.562. The van der Waals surface area contributed by atoms with Crippen molar-refractivity contribution in [2.45, 2.75) is 46.1 Å². The zero-order chi connectivity index (χ0) is 14.3. The molecule has 2 unspecified atom stereocenters. The summed E-state index contributed by atoms with van der Waals surface area (Å²) in [5, 5.41) is 0. The Bertz CT molecular complexity index is 401. The van der Waals surface area contributed by atoms with Crippen LogP contribution in [-0.2, 0) is 0 Å². The number of nitrogens with two attached hydrogens (primary N) is 1. The molecule has 0 saturated heterocycles. The Hall–Kier alpha value is -1.35. The molecule has 0 aliphatic rings. The van der Waals surface area contributed by atoms with E-state index in [1.54, 1.807) is 0 Å². The van der Waals surface area contributed by atoms with Gasteiger partial charge in [0.25, 0.3) is 0 Å². The maximum absolute atomic E-state index is 12.4. The molecule has 3 nitrogen and oxygen atoms in total. The molecule has 0 fully saturated rings. The van der Waals surface area contributed by atoms with Crippen LogP contribution in [-0.4, -0.2) is 18.4 Å². The van der Waals surface area contributed by atoms with Crippen LogP contribution in [0.4, 0.5) is 0 Å². The first-order valence-electron chi connectivity index (χ1n) is 7.07. The number of carbonyl (C=O) groups excluding carboxylic acids is 1. The summed E-state index contributed by atoms with van der Waals surface area (Å²) in [7, 11) is 0. The monoisotopic (exact) mass is 263 g/mol. The Morgan fingerprint density at radius 3 is 2.58 bits per heavy atom. The van der Waals surface area contributed by atoms with Gasteiger partial charge >= 0.3 is 0 Å². The van der Waals surface area contributed by atoms with Crippen LogP contribution in [0.5, 0.6) is 5.75 Å². The highest BCUT2D eigenvalue weighted by Gasteiger charge is 2.18. The first-order valence-corrected chi connectivity index (χ1v) is 7.07. The summed E-state index contributed by atoms with van der Waals surface area (Å²) in [5.41, 5.74) is 6.42. The fourth-order valence-electron chi connectivity index (χ4n) is 2.09. The van der Waals surface area contributed by atoms with E-state index in [1.165, 1.54) is 0 Å². The van der Waals surface area contributed by atoms with Crippen LogP contribution >= 0.6 is 0 Å². The molecule has 0 heterocycles. The van der Waals surface area contributed by atoms with Gasteiger partial charge in [-0.1, -0.05) is 25.5 Å². The summed E-state index contributed by atoms with van der Waals surface area (Å²) in [6.45, 7) is 6.47. The number of hydrogen-bond acceptors (Lipinski definition) is 3. The van der Waals surface area contributed by atoms with E-state index in [0.717, 1.165) is 19.3 Å². The first kappa shape index (κ1) is 15.7. The molecule has 0 aliphatic heterocycles. The fourth-order valence-corrected chi connectivity index (χ4v) is 2.09. The second-order valence-electron chi connectivity index (χ2n) is 5.10. The van der Waals surface area contributed by atoms with Crippen LogP contribution in [0.1, 0.15) is 50.4 Å². The van der Waals surface area contributed by atoms with E-state index < -0.39 is 0 Å². The maximum Gasteiger partial charge on any atom is 0.169 e. The molecule has 2 N–H and O–H groups in total. The lowest BCUT2D eigenvalue weighted by Gasteiger charge is -2.14. The van der Waals surface area contributed by atoms with E-state index in [0.29, 0.717) is 17.9 Å². The third kappa shape index (κ3) is 5.03. The molecule has 2 atom stereocenters. The van der Waals surface area contributed by atoms with Crippen molar-refractivity contribution in [3.05, 3.63) is 29.8 Å². The number of Topliss-reactive ketones (excluding diaryl/α,β-unsaturated/α-hetero) is 1. The Morgan fingerprint density at radius 2 is 1.95 bits per heavy atom. The molecule has 0 radical (unpaired) electrons. The minimum absolute atomic E-state index is 0.0142. The molecule has 0 spiro atoms. The van der Waals surface area contributed by atoms with E-state index >= 15 is 0 Å². The number of para-hydroxylation sites is 1. The van der Waals surface area contributed by atoms with Gasteiger partial charge in [0.15, 0.2) is 5.78 Å². The highest BCUT2D eigenvalue weighted by atomic mass is 16.5. The van der Waals surface area contributed by atoms with Gasteiger partial charge in [-0.2, -0.15) is 0 Å². The number of carbonyl (C=O) groups is 1. The predicted octanol–water partition coefficient (Wildman–Crippen LogP) is 3.42. The minimum atomic E-state index is 0.0142. The van der Waals surface area contributed by atoms with E-state index in [4.69, 9.17) is 10.5 Å².